The fraction of sp³-hybridized carbons (Fsp3) is 0.423. The van der Waals surface area contributed by atoms with E-state index in [1.807, 2.05) is 35.2 Å². The van der Waals surface area contributed by atoms with E-state index in [0.29, 0.717) is 13.1 Å². The third-order valence-electron chi connectivity index (χ3n) is 5.71. The second-order valence-electron chi connectivity index (χ2n) is 9.71. The number of alkyl carbamates (subject to hydrolysis) is 1. The van der Waals surface area contributed by atoms with E-state index in [-0.39, 0.29) is 13.2 Å². The van der Waals surface area contributed by atoms with E-state index in [2.05, 4.69) is 21.2 Å². The molecule has 0 aromatic heterocycles. The van der Waals surface area contributed by atoms with Gasteiger partial charge in [-0.05, 0) is 45.4 Å². The van der Waals surface area contributed by atoms with Crippen molar-refractivity contribution in [1.29, 1.82) is 0 Å². The predicted octanol–water partition coefficient (Wildman–Crippen LogP) is 6.81. The molecule has 0 fully saturated rings. The van der Waals surface area contributed by atoms with E-state index >= 15 is 0 Å². The number of carbonyl (C=O) groups is 1. The zero-order valence-corrected chi connectivity index (χ0v) is 22.2. The average Bonchev–Trinajstić information content (AvgIpc) is 2.76. The molecule has 36 heavy (non-hydrogen) atoms. The molecule has 0 spiro atoms. The van der Waals surface area contributed by atoms with Gasteiger partial charge in [0.2, 0.25) is 0 Å². The van der Waals surface area contributed by atoms with Crippen LogP contribution in [0.2, 0.25) is 0 Å². The number of carbonyl (C=O) groups excluding carboxylic acids is 1. The van der Waals surface area contributed by atoms with Crippen molar-refractivity contribution in [1.82, 2.24) is 15.1 Å². The summed E-state index contributed by atoms with van der Waals surface area (Å²) in [6, 6.07) is 11.9. The number of alkyl halides is 3. The van der Waals surface area contributed by atoms with Crippen LogP contribution in [0.25, 0.3) is 0 Å². The van der Waals surface area contributed by atoms with E-state index < -0.39 is 40.9 Å². The average molecular weight is 572 g/mol. The molecule has 0 saturated heterocycles. The first-order valence-corrected chi connectivity index (χ1v) is 12.3. The minimum absolute atomic E-state index is 0.242. The highest BCUT2D eigenvalue weighted by atomic mass is 79.9. The Labute approximate surface area is 217 Å². The molecule has 5 nitrogen and oxygen atoms in total. The van der Waals surface area contributed by atoms with Crippen molar-refractivity contribution >= 4 is 22.0 Å². The summed E-state index contributed by atoms with van der Waals surface area (Å²) in [6.07, 6.45) is -5.24. The molecule has 0 aliphatic carbocycles. The Hall–Kier alpha value is -2.59. The molecule has 2 aromatic rings. The smallest absolute Gasteiger partial charge is 0.416 e. The van der Waals surface area contributed by atoms with E-state index in [1.54, 1.807) is 32.6 Å². The Morgan fingerprint density at radius 3 is 2.39 bits per heavy atom. The van der Waals surface area contributed by atoms with Crippen LogP contribution in [0, 0.1) is 5.82 Å². The molecular formula is C26H30BrF4N3O2. The third-order valence-corrected chi connectivity index (χ3v) is 6.53. The van der Waals surface area contributed by atoms with Crippen LogP contribution < -0.4 is 5.32 Å². The lowest BCUT2D eigenvalue weighted by Crippen LogP contribution is -2.47. The number of rotatable bonds is 6. The molecular weight excluding hydrogens is 542 g/mol. The van der Waals surface area contributed by atoms with Gasteiger partial charge in [0.05, 0.1) is 18.3 Å². The SMILES string of the molecule is CC1=C(Br)CN(C[C@H](NC(=O)OC(C)(C)C)c2ccccc2)CN1Cc1c(F)cccc1C(F)(F)F. The van der Waals surface area contributed by atoms with Gasteiger partial charge in [0, 0.05) is 35.4 Å². The van der Waals surface area contributed by atoms with Crippen molar-refractivity contribution < 1.29 is 27.1 Å². The summed E-state index contributed by atoms with van der Waals surface area (Å²) in [4.78, 5) is 16.2. The van der Waals surface area contributed by atoms with Crippen LogP contribution in [0.1, 0.15) is 50.4 Å². The quantitative estimate of drug-likeness (QED) is 0.387. The van der Waals surface area contributed by atoms with E-state index in [4.69, 9.17) is 4.74 Å². The molecule has 0 unspecified atom stereocenters. The molecule has 0 bridgehead atoms. The van der Waals surface area contributed by atoms with Gasteiger partial charge in [-0.25, -0.2) is 9.18 Å². The molecule has 1 aliphatic heterocycles. The number of hydrogen-bond acceptors (Lipinski definition) is 4. The second kappa shape index (κ2) is 11.2. The maximum absolute atomic E-state index is 14.5. The fourth-order valence-corrected chi connectivity index (χ4v) is 4.58. The summed E-state index contributed by atoms with van der Waals surface area (Å²) in [5.41, 5.74) is -0.494. The molecule has 2 aromatic carbocycles. The number of halogens is 5. The second-order valence-corrected chi connectivity index (χ2v) is 10.7. The van der Waals surface area contributed by atoms with Crippen molar-refractivity contribution in [3.8, 4) is 0 Å². The molecule has 1 N–H and O–H groups in total. The highest BCUT2D eigenvalue weighted by Gasteiger charge is 2.36. The summed E-state index contributed by atoms with van der Waals surface area (Å²) < 4.78 is 61.4. The van der Waals surface area contributed by atoms with Gasteiger partial charge in [0.1, 0.15) is 11.4 Å². The molecule has 0 saturated carbocycles. The molecule has 1 aliphatic rings. The zero-order valence-electron chi connectivity index (χ0n) is 20.6. The van der Waals surface area contributed by atoms with Gasteiger partial charge in [-0.1, -0.05) is 52.3 Å². The standard InChI is InChI=1S/C26H30BrF4N3O2/c1-17-21(27)14-33(16-34(17)13-19-20(26(29,30)31)11-8-12-22(19)28)15-23(18-9-6-5-7-10-18)32-24(35)36-25(2,3)4/h5-12,23H,13-16H2,1-4H3,(H,32,35)/t23-/m0/s1. The van der Waals surface area contributed by atoms with Crippen molar-refractivity contribution in [2.24, 2.45) is 0 Å². The monoisotopic (exact) mass is 571 g/mol. The van der Waals surface area contributed by atoms with Gasteiger partial charge < -0.3 is 15.0 Å². The van der Waals surface area contributed by atoms with E-state index in [9.17, 15) is 22.4 Å². The lowest BCUT2D eigenvalue weighted by molar-refractivity contribution is -0.138. The first kappa shape index (κ1) is 28.0. The number of hydrogen-bond donors (Lipinski definition) is 1. The predicted molar refractivity (Wildman–Crippen MR) is 134 cm³/mol. The number of amides is 1. The van der Waals surface area contributed by atoms with Gasteiger partial charge in [0.15, 0.2) is 0 Å². The fourth-order valence-electron chi connectivity index (χ4n) is 3.97. The van der Waals surface area contributed by atoms with E-state index in [1.165, 1.54) is 0 Å². The van der Waals surface area contributed by atoms with Crippen LogP contribution in [0.4, 0.5) is 22.4 Å². The maximum atomic E-state index is 14.5. The van der Waals surface area contributed by atoms with Crippen molar-refractivity contribution in [3.05, 3.63) is 81.2 Å². The summed E-state index contributed by atoms with van der Waals surface area (Å²) in [5, 5.41) is 2.90. The van der Waals surface area contributed by atoms with Crippen LogP contribution >= 0.6 is 15.9 Å². The number of nitrogens with one attached hydrogen (secondary N) is 1. The summed E-state index contributed by atoms with van der Waals surface area (Å²) in [6.45, 7) is 7.92. The van der Waals surface area contributed by atoms with Crippen molar-refractivity contribution in [3.63, 3.8) is 0 Å². The Balaban J connectivity index is 1.84. The minimum Gasteiger partial charge on any atom is -0.444 e. The minimum atomic E-state index is -4.67. The molecule has 196 valence electrons. The van der Waals surface area contributed by atoms with Crippen LogP contribution in [0.3, 0.4) is 0 Å². The lowest BCUT2D eigenvalue weighted by atomic mass is 10.0. The highest BCUT2D eigenvalue weighted by Crippen LogP contribution is 2.35. The zero-order chi connectivity index (χ0) is 26.7. The molecule has 1 heterocycles. The molecule has 0 radical (unpaired) electrons. The lowest BCUT2D eigenvalue weighted by Gasteiger charge is -2.40. The topological polar surface area (TPSA) is 44.8 Å². The number of ether oxygens (including phenoxy) is 1. The maximum Gasteiger partial charge on any atom is 0.416 e. The summed E-state index contributed by atoms with van der Waals surface area (Å²) >= 11 is 3.53. The molecule has 1 amide bonds. The van der Waals surface area contributed by atoms with Gasteiger partial charge in [-0.3, -0.25) is 4.90 Å². The van der Waals surface area contributed by atoms with Crippen molar-refractivity contribution in [2.45, 2.75) is 52.1 Å². The van der Waals surface area contributed by atoms with E-state index in [0.717, 1.165) is 33.9 Å². The Kier molecular flexibility index (Phi) is 8.71. The highest BCUT2D eigenvalue weighted by molar-refractivity contribution is 9.11. The van der Waals surface area contributed by atoms with Crippen molar-refractivity contribution in [2.75, 3.05) is 19.8 Å². The summed E-state index contributed by atoms with van der Waals surface area (Å²) in [7, 11) is 0. The Morgan fingerprint density at radius 1 is 1.11 bits per heavy atom. The Bertz CT molecular complexity index is 1100. The first-order chi connectivity index (χ1) is 16.7. The number of nitrogens with zero attached hydrogens (tertiary/aromatic N) is 2. The van der Waals surface area contributed by atoms with Gasteiger partial charge in [-0.2, -0.15) is 13.2 Å². The van der Waals surface area contributed by atoms with Gasteiger partial charge in [0.25, 0.3) is 0 Å². The number of benzene rings is 2. The molecule has 1 atom stereocenters. The number of allylic oxidation sites excluding steroid dienone is 1. The van der Waals surface area contributed by atoms with Crippen LogP contribution in [-0.4, -0.2) is 41.3 Å². The molecule has 10 heteroatoms. The summed E-state index contributed by atoms with van der Waals surface area (Å²) in [5.74, 6) is -0.903. The normalized spacial score (nSPS) is 16.2. The third kappa shape index (κ3) is 7.46. The largest absolute Gasteiger partial charge is 0.444 e. The van der Waals surface area contributed by atoms with Gasteiger partial charge in [-0.15, -0.1) is 0 Å². The molecule has 3 rings (SSSR count). The first-order valence-electron chi connectivity index (χ1n) is 11.5. The van der Waals surface area contributed by atoms with Crippen LogP contribution in [0.15, 0.2) is 58.7 Å². The van der Waals surface area contributed by atoms with Crippen LogP contribution in [-0.2, 0) is 17.5 Å². The Morgan fingerprint density at radius 2 is 1.78 bits per heavy atom. The van der Waals surface area contributed by atoms with Crippen LogP contribution in [0.5, 0.6) is 0 Å². The van der Waals surface area contributed by atoms with Gasteiger partial charge >= 0.3 is 12.3 Å².